The first-order valence-electron chi connectivity index (χ1n) is 5.89. The molecule has 88 valence electrons. The summed E-state index contributed by atoms with van der Waals surface area (Å²) in [5.74, 6) is 1.27. The van der Waals surface area contributed by atoms with Gasteiger partial charge in [0, 0.05) is 24.2 Å². The van der Waals surface area contributed by atoms with Crippen LogP contribution in [0.4, 0.5) is 0 Å². The van der Waals surface area contributed by atoms with E-state index in [9.17, 15) is 4.79 Å². The van der Waals surface area contributed by atoms with E-state index in [1.54, 1.807) is 16.8 Å². The van der Waals surface area contributed by atoms with Crippen LogP contribution in [0.25, 0.3) is 5.65 Å². The molecule has 2 aromatic rings. The van der Waals surface area contributed by atoms with Gasteiger partial charge in [-0.2, -0.15) is 5.10 Å². The summed E-state index contributed by atoms with van der Waals surface area (Å²) in [6.45, 7) is 2.02. The van der Waals surface area contributed by atoms with E-state index in [0.717, 1.165) is 37.3 Å². The minimum atomic E-state index is 0.392. The maximum Gasteiger partial charge on any atom is 0.156 e. The van der Waals surface area contributed by atoms with Gasteiger partial charge < -0.3 is 5.32 Å². The van der Waals surface area contributed by atoms with Crippen molar-refractivity contribution in [2.75, 3.05) is 13.1 Å². The van der Waals surface area contributed by atoms with Gasteiger partial charge in [0.05, 0.1) is 0 Å². The molecule has 17 heavy (non-hydrogen) atoms. The van der Waals surface area contributed by atoms with Gasteiger partial charge in [-0.15, -0.1) is 0 Å². The molecule has 1 saturated heterocycles. The molecule has 1 unspecified atom stereocenters. The van der Waals surface area contributed by atoms with Crippen LogP contribution in [0.5, 0.6) is 0 Å². The van der Waals surface area contributed by atoms with Crippen molar-refractivity contribution in [2.45, 2.75) is 18.8 Å². The van der Waals surface area contributed by atoms with Crippen LogP contribution in [0.2, 0.25) is 0 Å². The van der Waals surface area contributed by atoms with E-state index in [-0.39, 0.29) is 0 Å². The number of piperidine rings is 1. The minimum absolute atomic E-state index is 0.392. The monoisotopic (exact) mass is 230 g/mol. The number of nitrogens with zero attached hydrogens (tertiary/aromatic N) is 3. The largest absolute Gasteiger partial charge is 0.316 e. The Kier molecular flexibility index (Phi) is 2.60. The van der Waals surface area contributed by atoms with Crippen LogP contribution >= 0.6 is 0 Å². The van der Waals surface area contributed by atoms with Crippen molar-refractivity contribution < 1.29 is 4.79 Å². The van der Waals surface area contributed by atoms with Crippen molar-refractivity contribution in [1.82, 2.24) is 19.9 Å². The lowest BCUT2D eigenvalue weighted by Gasteiger charge is -2.19. The second-order valence-corrected chi connectivity index (χ2v) is 4.40. The molecule has 3 rings (SSSR count). The van der Waals surface area contributed by atoms with Gasteiger partial charge in [-0.25, -0.2) is 9.50 Å². The summed E-state index contributed by atoms with van der Waals surface area (Å²) >= 11 is 0. The molecule has 1 fully saturated rings. The van der Waals surface area contributed by atoms with Crippen LogP contribution < -0.4 is 5.32 Å². The number of hydrogen-bond acceptors (Lipinski definition) is 4. The molecule has 0 spiro atoms. The predicted octanol–water partition coefficient (Wildman–Crippen LogP) is 1.01. The standard InChI is InChI=1S/C12H14N4O/c17-8-9-3-4-11-14-12(15-16(11)7-9)10-2-1-5-13-6-10/h3-4,7-8,10,13H,1-2,5-6H2. The van der Waals surface area contributed by atoms with E-state index in [4.69, 9.17) is 0 Å². The van der Waals surface area contributed by atoms with Crippen molar-refractivity contribution in [3.63, 3.8) is 0 Å². The molecule has 1 aliphatic rings. The second-order valence-electron chi connectivity index (χ2n) is 4.40. The van der Waals surface area contributed by atoms with Crippen LogP contribution in [0.3, 0.4) is 0 Å². The lowest BCUT2D eigenvalue weighted by molar-refractivity contribution is 0.112. The van der Waals surface area contributed by atoms with Gasteiger partial charge in [-0.1, -0.05) is 0 Å². The van der Waals surface area contributed by atoms with Crippen LogP contribution in [0.15, 0.2) is 18.3 Å². The SMILES string of the molecule is O=Cc1ccc2nc(C3CCCNC3)nn2c1. The highest BCUT2D eigenvalue weighted by Gasteiger charge is 2.19. The molecule has 5 nitrogen and oxygen atoms in total. The zero-order valence-corrected chi connectivity index (χ0v) is 9.47. The maximum atomic E-state index is 10.7. The summed E-state index contributed by atoms with van der Waals surface area (Å²) in [6, 6.07) is 3.59. The Morgan fingerprint density at radius 1 is 1.47 bits per heavy atom. The van der Waals surface area contributed by atoms with Gasteiger partial charge >= 0.3 is 0 Å². The van der Waals surface area contributed by atoms with Crippen LogP contribution in [-0.2, 0) is 0 Å². The molecule has 0 saturated carbocycles. The fourth-order valence-corrected chi connectivity index (χ4v) is 2.23. The predicted molar refractivity (Wildman–Crippen MR) is 63.2 cm³/mol. The molecule has 1 atom stereocenters. The minimum Gasteiger partial charge on any atom is -0.316 e. The summed E-state index contributed by atoms with van der Waals surface area (Å²) in [5.41, 5.74) is 1.42. The third-order valence-electron chi connectivity index (χ3n) is 3.17. The first kappa shape index (κ1) is 10.4. The Bertz CT molecular complexity index is 542. The van der Waals surface area contributed by atoms with E-state index in [1.165, 1.54) is 6.42 Å². The molecule has 1 N–H and O–H groups in total. The van der Waals surface area contributed by atoms with Crippen LogP contribution in [-0.4, -0.2) is 34.0 Å². The van der Waals surface area contributed by atoms with E-state index < -0.39 is 0 Å². The Balaban J connectivity index is 1.97. The fraction of sp³-hybridized carbons (Fsp3) is 0.417. The Morgan fingerprint density at radius 3 is 3.18 bits per heavy atom. The molecule has 2 aromatic heterocycles. The molecular formula is C12H14N4O. The molecule has 0 aliphatic carbocycles. The Morgan fingerprint density at radius 2 is 2.41 bits per heavy atom. The number of fused-ring (bicyclic) bond motifs is 1. The van der Waals surface area contributed by atoms with E-state index in [1.807, 2.05) is 6.07 Å². The lowest BCUT2D eigenvalue weighted by Crippen LogP contribution is -2.28. The average Bonchev–Trinajstić information content (AvgIpc) is 2.82. The normalized spacial score (nSPS) is 20.6. The molecule has 0 radical (unpaired) electrons. The first-order valence-corrected chi connectivity index (χ1v) is 5.89. The van der Waals surface area contributed by atoms with Crippen LogP contribution in [0, 0.1) is 0 Å². The van der Waals surface area contributed by atoms with Gasteiger partial charge in [0.2, 0.25) is 0 Å². The number of rotatable bonds is 2. The number of aromatic nitrogens is 3. The highest BCUT2D eigenvalue weighted by Crippen LogP contribution is 2.20. The van der Waals surface area contributed by atoms with Crippen molar-refractivity contribution in [2.24, 2.45) is 0 Å². The molecule has 1 aliphatic heterocycles. The number of hydrogen-bond donors (Lipinski definition) is 1. The molecule has 0 amide bonds. The smallest absolute Gasteiger partial charge is 0.156 e. The first-order chi connectivity index (χ1) is 8.36. The van der Waals surface area contributed by atoms with Crippen molar-refractivity contribution in [1.29, 1.82) is 0 Å². The maximum absolute atomic E-state index is 10.7. The number of pyridine rings is 1. The second kappa shape index (κ2) is 4.25. The highest BCUT2D eigenvalue weighted by molar-refractivity contribution is 5.74. The number of nitrogens with one attached hydrogen (secondary N) is 1. The number of carbonyl (C=O) groups excluding carboxylic acids is 1. The molecule has 0 bridgehead atoms. The number of carbonyl (C=O) groups is 1. The summed E-state index contributed by atoms with van der Waals surface area (Å²) in [5, 5.41) is 7.81. The molecule has 0 aromatic carbocycles. The van der Waals surface area contributed by atoms with Crippen molar-refractivity contribution in [3.05, 3.63) is 29.7 Å². The average molecular weight is 230 g/mol. The zero-order chi connectivity index (χ0) is 11.7. The summed E-state index contributed by atoms with van der Waals surface area (Å²) < 4.78 is 1.69. The highest BCUT2D eigenvalue weighted by atomic mass is 16.1. The van der Waals surface area contributed by atoms with Gasteiger partial charge in [-0.05, 0) is 31.5 Å². The molecule has 5 heteroatoms. The quantitative estimate of drug-likeness (QED) is 0.782. The third kappa shape index (κ3) is 1.93. The summed E-state index contributed by atoms with van der Waals surface area (Å²) in [6.07, 6.45) is 4.84. The van der Waals surface area contributed by atoms with Crippen LogP contribution in [0.1, 0.15) is 34.9 Å². The third-order valence-corrected chi connectivity index (χ3v) is 3.17. The van der Waals surface area contributed by atoms with Gasteiger partial charge in [0.25, 0.3) is 0 Å². The lowest BCUT2D eigenvalue weighted by atomic mass is 9.99. The van der Waals surface area contributed by atoms with Crippen molar-refractivity contribution >= 4 is 11.9 Å². The topological polar surface area (TPSA) is 59.3 Å². The van der Waals surface area contributed by atoms with Crippen molar-refractivity contribution in [3.8, 4) is 0 Å². The number of aldehydes is 1. The van der Waals surface area contributed by atoms with E-state index >= 15 is 0 Å². The van der Waals surface area contributed by atoms with E-state index in [2.05, 4.69) is 15.4 Å². The van der Waals surface area contributed by atoms with Gasteiger partial charge in [-0.3, -0.25) is 4.79 Å². The summed E-state index contributed by atoms with van der Waals surface area (Å²) in [4.78, 5) is 15.2. The molecule has 3 heterocycles. The Labute approximate surface area is 98.9 Å². The summed E-state index contributed by atoms with van der Waals surface area (Å²) in [7, 11) is 0. The fourth-order valence-electron chi connectivity index (χ4n) is 2.23. The van der Waals surface area contributed by atoms with Gasteiger partial charge in [0.15, 0.2) is 17.8 Å². The van der Waals surface area contributed by atoms with Gasteiger partial charge in [0.1, 0.15) is 0 Å². The Hall–Kier alpha value is -1.75. The zero-order valence-electron chi connectivity index (χ0n) is 9.47. The molecular weight excluding hydrogens is 216 g/mol. The van der Waals surface area contributed by atoms with E-state index in [0.29, 0.717) is 11.5 Å².